The molecule has 4 bridgehead atoms. The average Bonchev–Trinajstić information content (AvgIpc) is 3.53. The van der Waals surface area contributed by atoms with Crippen LogP contribution in [0.15, 0.2) is 24.3 Å². The van der Waals surface area contributed by atoms with E-state index < -0.39 is 11.2 Å². The third kappa shape index (κ3) is 2.20. The molecule has 184 valence electrons. The van der Waals surface area contributed by atoms with Crippen LogP contribution in [-0.2, 0) is 16.6 Å². The standard InChI is InChI=1S/C29H39NO4/c1-25(2,3)26(4,32)20-15-27-10-11-29(20,33-5)24-28(27)12-13-30(16-17-6-7-17)21(27)14-18-8-9-19(31)23(34-24)22(18)28/h8-11,17,20-21,24,31-32H,6-7,12-16H2,1-5H3/t20-,21-,24-,26?,27-,28+,29-/m1/s1. The van der Waals surface area contributed by atoms with Gasteiger partial charge in [-0.25, -0.2) is 0 Å². The minimum atomic E-state index is -0.960. The maximum atomic E-state index is 12.2. The maximum absolute atomic E-state index is 12.2. The smallest absolute Gasteiger partial charge is 0.165 e. The van der Waals surface area contributed by atoms with Crippen molar-refractivity contribution in [1.29, 1.82) is 0 Å². The number of fused-ring (bicyclic) bond motifs is 1. The Morgan fingerprint density at radius 1 is 1.18 bits per heavy atom. The molecule has 0 radical (unpaired) electrons. The Kier molecular flexibility index (Phi) is 3.97. The topological polar surface area (TPSA) is 62.2 Å². The van der Waals surface area contributed by atoms with E-state index in [1.807, 2.05) is 13.0 Å². The van der Waals surface area contributed by atoms with Crippen molar-refractivity contribution in [2.75, 3.05) is 20.2 Å². The van der Waals surface area contributed by atoms with Crippen molar-refractivity contribution >= 4 is 0 Å². The van der Waals surface area contributed by atoms with E-state index in [0.29, 0.717) is 11.8 Å². The SMILES string of the molecule is CO[C@]12C=C[C@@]3(C[C@@H]1C(C)(O)C(C)(C)C)[C@H]1Cc4ccc(O)c5c4[C@@]3(CCN1CC1CC1)[C@H]2O5. The molecule has 7 aliphatic rings. The molecule has 5 aliphatic carbocycles. The van der Waals surface area contributed by atoms with E-state index in [4.69, 9.17) is 9.47 Å². The molecule has 2 spiro atoms. The molecule has 5 nitrogen and oxygen atoms in total. The summed E-state index contributed by atoms with van der Waals surface area (Å²) < 4.78 is 13.3. The first-order valence-electron chi connectivity index (χ1n) is 13.3. The quantitative estimate of drug-likeness (QED) is 0.653. The number of hydrogen-bond donors (Lipinski definition) is 2. The molecule has 2 N–H and O–H groups in total. The van der Waals surface area contributed by atoms with Crippen LogP contribution in [0.25, 0.3) is 0 Å². The third-order valence-electron chi connectivity index (χ3n) is 11.3. The lowest BCUT2D eigenvalue weighted by Crippen LogP contribution is -2.81. The molecule has 7 atom stereocenters. The van der Waals surface area contributed by atoms with Gasteiger partial charge in [-0.05, 0) is 68.5 Å². The second-order valence-corrected chi connectivity index (χ2v) is 13.4. The normalized spacial score (nSPS) is 43.4. The highest BCUT2D eigenvalue weighted by atomic mass is 16.6. The van der Waals surface area contributed by atoms with Crippen LogP contribution in [0, 0.1) is 22.7 Å². The van der Waals surface area contributed by atoms with Crippen molar-refractivity contribution in [3.8, 4) is 11.5 Å². The highest BCUT2D eigenvalue weighted by Gasteiger charge is 2.81. The summed E-state index contributed by atoms with van der Waals surface area (Å²) in [5.41, 5.74) is 0.165. The summed E-state index contributed by atoms with van der Waals surface area (Å²) >= 11 is 0. The van der Waals surface area contributed by atoms with Crippen molar-refractivity contribution in [2.24, 2.45) is 22.7 Å². The summed E-state index contributed by atoms with van der Waals surface area (Å²) in [6, 6.07) is 4.33. The van der Waals surface area contributed by atoms with Crippen molar-refractivity contribution in [2.45, 2.75) is 88.6 Å². The predicted octanol–water partition coefficient (Wildman–Crippen LogP) is 4.19. The summed E-state index contributed by atoms with van der Waals surface area (Å²) in [7, 11) is 1.78. The first kappa shape index (κ1) is 21.7. The highest BCUT2D eigenvalue weighted by molar-refractivity contribution is 5.65. The predicted molar refractivity (Wildman–Crippen MR) is 130 cm³/mol. The number of aliphatic hydroxyl groups is 1. The van der Waals surface area contributed by atoms with Gasteiger partial charge < -0.3 is 19.7 Å². The van der Waals surface area contributed by atoms with Gasteiger partial charge in [0.1, 0.15) is 11.7 Å². The van der Waals surface area contributed by atoms with E-state index in [1.54, 1.807) is 7.11 Å². The van der Waals surface area contributed by atoms with E-state index in [2.05, 4.69) is 43.9 Å². The number of piperidine rings is 1. The van der Waals surface area contributed by atoms with Gasteiger partial charge in [0.15, 0.2) is 11.5 Å². The lowest BCUT2D eigenvalue weighted by Gasteiger charge is -2.73. The Morgan fingerprint density at radius 2 is 1.94 bits per heavy atom. The molecule has 1 saturated heterocycles. The first-order chi connectivity index (χ1) is 16.0. The minimum Gasteiger partial charge on any atom is -0.504 e. The van der Waals surface area contributed by atoms with Crippen LogP contribution in [-0.4, -0.2) is 58.7 Å². The highest BCUT2D eigenvalue weighted by Crippen LogP contribution is 2.76. The number of nitrogens with zero attached hydrogens (tertiary/aromatic N) is 1. The zero-order chi connectivity index (χ0) is 23.9. The van der Waals surface area contributed by atoms with Crippen LogP contribution in [0.1, 0.15) is 64.5 Å². The molecule has 5 heteroatoms. The summed E-state index contributed by atoms with van der Waals surface area (Å²) in [6.07, 6.45) is 10.0. The van der Waals surface area contributed by atoms with Crippen molar-refractivity contribution in [3.05, 3.63) is 35.4 Å². The number of ether oxygens (including phenoxy) is 2. The first-order valence-corrected chi connectivity index (χ1v) is 13.3. The summed E-state index contributed by atoms with van der Waals surface area (Å²) in [5, 5.41) is 23.1. The monoisotopic (exact) mass is 465 g/mol. The lowest BCUT2D eigenvalue weighted by molar-refractivity contribution is -0.263. The third-order valence-corrected chi connectivity index (χ3v) is 11.3. The minimum absolute atomic E-state index is 0.116. The van der Waals surface area contributed by atoms with E-state index in [1.165, 1.54) is 30.5 Å². The molecule has 0 aromatic heterocycles. The van der Waals surface area contributed by atoms with Gasteiger partial charge in [-0.3, -0.25) is 4.90 Å². The van der Waals surface area contributed by atoms with Crippen LogP contribution < -0.4 is 4.74 Å². The zero-order valence-corrected chi connectivity index (χ0v) is 21.2. The fraction of sp³-hybridized carbons (Fsp3) is 0.724. The molecule has 1 unspecified atom stereocenters. The van der Waals surface area contributed by atoms with Crippen LogP contribution in [0.3, 0.4) is 0 Å². The number of benzene rings is 1. The average molecular weight is 466 g/mol. The Balaban J connectivity index is 1.49. The number of likely N-dealkylation sites (tertiary alicyclic amines) is 1. The van der Waals surface area contributed by atoms with Crippen molar-refractivity contribution < 1.29 is 19.7 Å². The summed E-state index contributed by atoms with van der Waals surface area (Å²) in [6.45, 7) is 10.6. The van der Waals surface area contributed by atoms with Gasteiger partial charge in [-0.15, -0.1) is 0 Å². The molecule has 2 aliphatic heterocycles. The van der Waals surface area contributed by atoms with Crippen LogP contribution >= 0.6 is 0 Å². The van der Waals surface area contributed by atoms with Gasteiger partial charge >= 0.3 is 0 Å². The Morgan fingerprint density at radius 3 is 2.62 bits per heavy atom. The molecule has 2 heterocycles. The van der Waals surface area contributed by atoms with Gasteiger partial charge in [0.25, 0.3) is 0 Å². The van der Waals surface area contributed by atoms with Crippen LogP contribution in [0.5, 0.6) is 11.5 Å². The second kappa shape index (κ2) is 6.22. The van der Waals surface area contributed by atoms with E-state index in [-0.39, 0.29) is 34.0 Å². The largest absolute Gasteiger partial charge is 0.504 e. The van der Waals surface area contributed by atoms with Crippen molar-refractivity contribution in [3.63, 3.8) is 0 Å². The Bertz CT molecular complexity index is 1100. The Hall–Kier alpha value is -1.56. The van der Waals surface area contributed by atoms with E-state index >= 15 is 0 Å². The van der Waals surface area contributed by atoms with Crippen LogP contribution in [0.2, 0.25) is 0 Å². The summed E-state index contributed by atoms with van der Waals surface area (Å²) in [4.78, 5) is 2.77. The molecule has 8 rings (SSSR count). The van der Waals surface area contributed by atoms with Crippen molar-refractivity contribution in [1.82, 2.24) is 4.90 Å². The maximum Gasteiger partial charge on any atom is 0.165 e. The number of rotatable bonds is 4. The molecule has 3 fully saturated rings. The van der Waals surface area contributed by atoms with Gasteiger partial charge in [0.2, 0.25) is 0 Å². The van der Waals surface area contributed by atoms with Gasteiger partial charge in [-0.1, -0.05) is 39.0 Å². The molecule has 34 heavy (non-hydrogen) atoms. The number of phenolic OH excluding ortho intramolecular Hbond substituents is 1. The second-order valence-electron chi connectivity index (χ2n) is 13.4. The van der Waals surface area contributed by atoms with E-state index in [0.717, 1.165) is 31.7 Å². The van der Waals surface area contributed by atoms with Gasteiger partial charge in [0, 0.05) is 36.6 Å². The fourth-order valence-electron chi connectivity index (χ4n) is 8.94. The van der Waals surface area contributed by atoms with Crippen LogP contribution in [0.4, 0.5) is 0 Å². The zero-order valence-electron chi connectivity index (χ0n) is 21.2. The van der Waals surface area contributed by atoms with E-state index in [9.17, 15) is 10.2 Å². The number of methoxy groups -OCH3 is 1. The number of phenols is 1. The molecule has 1 aromatic rings. The molecule has 1 aromatic carbocycles. The molecule has 0 amide bonds. The molecular formula is C29H39NO4. The van der Waals surface area contributed by atoms with Gasteiger partial charge in [0.05, 0.1) is 11.0 Å². The Labute approximate surface area is 203 Å². The molecular weight excluding hydrogens is 426 g/mol. The van der Waals surface area contributed by atoms with Gasteiger partial charge in [-0.2, -0.15) is 0 Å². The molecule has 2 saturated carbocycles. The number of aromatic hydroxyl groups is 1. The fourth-order valence-corrected chi connectivity index (χ4v) is 8.94. The summed E-state index contributed by atoms with van der Waals surface area (Å²) in [5.74, 6) is 1.62. The lowest BCUT2D eigenvalue weighted by atomic mass is 9.35. The number of hydrogen-bond acceptors (Lipinski definition) is 5.